The molecule has 1 aromatic carbocycles. The van der Waals surface area contributed by atoms with Crippen LogP contribution in [0.2, 0.25) is 10.0 Å². The lowest BCUT2D eigenvalue weighted by molar-refractivity contribution is -0.365. The molecular formula is C19H23Cl2N4+. The van der Waals surface area contributed by atoms with E-state index in [1.54, 1.807) is 0 Å². The van der Waals surface area contributed by atoms with Crippen molar-refractivity contribution in [2.45, 2.75) is 44.3 Å². The van der Waals surface area contributed by atoms with E-state index < -0.39 is 0 Å². The predicted octanol–water partition coefficient (Wildman–Crippen LogP) is 5.11. The smallest absolute Gasteiger partial charge is 0.281 e. The molecule has 25 heavy (non-hydrogen) atoms. The van der Waals surface area contributed by atoms with Gasteiger partial charge in [0.25, 0.3) is 5.82 Å². The van der Waals surface area contributed by atoms with Crippen molar-refractivity contribution in [2.24, 2.45) is 0 Å². The Morgan fingerprint density at radius 1 is 1.04 bits per heavy atom. The van der Waals surface area contributed by atoms with Gasteiger partial charge in [-0.3, -0.25) is 4.90 Å². The number of anilines is 3. The summed E-state index contributed by atoms with van der Waals surface area (Å²) in [6, 6.07) is 8.55. The molecule has 1 saturated carbocycles. The lowest BCUT2D eigenvalue weighted by Gasteiger charge is -2.28. The number of rotatable bonds is 3. The van der Waals surface area contributed by atoms with Crippen LogP contribution in [0.15, 0.2) is 30.5 Å². The molecule has 0 radical (unpaired) electrons. The van der Waals surface area contributed by atoms with Crippen molar-refractivity contribution >= 4 is 40.4 Å². The fourth-order valence-electron chi connectivity index (χ4n) is 3.92. The molecule has 2 heterocycles. The van der Waals surface area contributed by atoms with Gasteiger partial charge in [-0.1, -0.05) is 29.6 Å². The minimum atomic E-state index is -0.0111. The van der Waals surface area contributed by atoms with E-state index in [2.05, 4.69) is 33.6 Å². The number of halogens is 2. The van der Waals surface area contributed by atoms with Gasteiger partial charge in [0.05, 0.1) is 46.3 Å². The number of nitrogens with zero attached hydrogens (tertiary/aromatic N) is 1. The van der Waals surface area contributed by atoms with Gasteiger partial charge in [0.1, 0.15) is 6.17 Å². The van der Waals surface area contributed by atoms with Gasteiger partial charge in [-0.2, -0.15) is 0 Å². The molecule has 0 atom stereocenters. The Hall–Kier alpha value is -1.65. The first-order chi connectivity index (χ1) is 12.1. The third-order valence-electron chi connectivity index (χ3n) is 5.31. The lowest BCUT2D eigenvalue weighted by Crippen LogP contribution is -2.38. The molecule has 1 aliphatic heterocycles. The number of aromatic nitrogens is 1. The second-order valence-corrected chi connectivity index (χ2v) is 7.72. The molecule has 4 nitrogen and oxygen atoms in total. The average Bonchev–Trinajstić information content (AvgIpc) is 3.05. The van der Waals surface area contributed by atoms with Gasteiger partial charge >= 0.3 is 0 Å². The molecule has 1 fully saturated rings. The fourth-order valence-corrected chi connectivity index (χ4v) is 4.25. The summed E-state index contributed by atoms with van der Waals surface area (Å²) < 4.78 is 0. The zero-order chi connectivity index (χ0) is 17.4. The summed E-state index contributed by atoms with van der Waals surface area (Å²) in [5.41, 5.74) is 3.16. The maximum absolute atomic E-state index is 6.16. The van der Waals surface area contributed by atoms with Crippen molar-refractivity contribution in [1.29, 1.82) is 0 Å². The highest BCUT2D eigenvalue weighted by molar-refractivity contribution is 6.42. The second kappa shape index (κ2) is 6.93. The number of pyridine rings is 1. The summed E-state index contributed by atoms with van der Waals surface area (Å²) in [5, 5.41) is 8.16. The van der Waals surface area contributed by atoms with E-state index in [0.29, 0.717) is 16.1 Å². The van der Waals surface area contributed by atoms with Gasteiger partial charge in [-0.25, -0.2) is 4.98 Å². The Morgan fingerprint density at radius 2 is 1.68 bits per heavy atom. The monoisotopic (exact) mass is 377 g/mol. The first-order valence-corrected chi connectivity index (χ1v) is 9.64. The van der Waals surface area contributed by atoms with Crippen molar-refractivity contribution in [2.75, 3.05) is 22.6 Å². The van der Waals surface area contributed by atoms with E-state index >= 15 is 0 Å². The van der Waals surface area contributed by atoms with Crippen LogP contribution in [-0.4, -0.2) is 13.1 Å². The molecule has 2 aliphatic rings. The van der Waals surface area contributed by atoms with E-state index in [0.717, 1.165) is 17.2 Å². The highest BCUT2D eigenvalue weighted by atomic mass is 35.5. The third-order valence-corrected chi connectivity index (χ3v) is 6.03. The molecule has 4 rings (SSSR count). The van der Waals surface area contributed by atoms with Crippen LogP contribution in [0.25, 0.3) is 0 Å². The normalized spacial score (nSPS) is 17.7. The van der Waals surface area contributed by atoms with Gasteiger partial charge in [0, 0.05) is 0 Å². The van der Waals surface area contributed by atoms with Crippen LogP contribution in [0.4, 0.5) is 17.2 Å². The number of benzene rings is 1. The standard InChI is InChI=1S/C19H22Cl2N4/c1-25(12-6-3-2-4-7-12)19-13(8-5-9-22-19)18-23-16-10-14(20)15(21)11-17(16)24-18/h5,8-12,18,23-24H,2-4,6-7H2,1H3/p+1. The second-order valence-electron chi connectivity index (χ2n) is 6.91. The molecule has 0 spiro atoms. The minimum Gasteiger partial charge on any atom is -0.360 e. The van der Waals surface area contributed by atoms with E-state index in [4.69, 9.17) is 23.2 Å². The number of hydrogen-bond acceptors (Lipinski definition) is 3. The maximum atomic E-state index is 6.16. The summed E-state index contributed by atoms with van der Waals surface area (Å²) in [5.74, 6) is 1.16. The zero-order valence-corrected chi connectivity index (χ0v) is 15.8. The zero-order valence-electron chi connectivity index (χ0n) is 14.3. The van der Waals surface area contributed by atoms with Crippen molar-refractivity contribution in [3.63, 3.8) is 0 Å². The van der Waals surface area contributed by atoms with Crippen LogP contribution < -0.4 is 20.5 Å². The quantitative estimate of drug-likeness (QED) is 0.780. The van der Waals surface area contributed by atoms with E-state index in [1.807, 2.05) is 24.4 Å². The van der Waals surface area contributed by atoms with Crippen LogP contribution >= 0.6 is 23.2 Å². The summed E-state index contributed by atoms with van der Waals surface area (Å²) in [7, 11) is 2.20. The molecule has 3 N–H and O–H groups in total. The van der Waals surface area contributed by atoms with Gasteiger partial charge < -0.3 is 10.6 Å². The van der Waals surface area contributed by atoms with Crippen molar-refractivity contribution in [1.82, 2.24) is 0 Å². The van der Waals surface area contributed by atoms with Crippen LogP contribution in [0.1, 0.15) is 43.8 Å². The summed E-state index contributed by atoms with van der Waals surface area (Å²) in [6.45, 7) is 0. The van der Waals surface area contributed by atoms with Crippen LogP contribution in [0.3, 0.4) is 0 Å². The Bertz CT molecular complexity index is 743. The van der Waals surface area contributed by atoms with E-state index in [9.17, 15) is 0 Å². The number of aromatic amines is 1. The Balaban J connectivity index is 1.61. The molecule has 0 saturated heterocycles. The van der Waals surface area contributed by atoms with Crippen LogP contribution in [-0.2, 0) is 0 Å². The minimum absolute atomic E-state index is 0.0111. The largest absolute Gasteiger partial charge is 0.360 e. The van der Waals surface area contributed by atoms with Gasteiger partial charge in [0.15, 0.2) is 0 Å². The molecule has 0 unspecified atom stereocenters. The van der Waals surface area contributed by atoms with Gasteiger partial charge in [-0.05, 0) is 49.9 Å². The lowest BCUT2D eigenvalue weighted by atomic mass is 9.94. The van der Waals surface area contributed by atoms with Crippen molar-refractivity contribution in [3.05, 3.63) is 46.1 Å². The molecule has 132 valence electrons. The van der Waals surface area contributed by atoms with Gasteiger partial charge in [-0.15, -0.1) is 0 Å². The van der Waals surface area contributed by atoms with Crippen LogP contribution in [0.5, 0.6) is 0 Å². The molecule has 6 heteroatoms. The number of hydrogen-bond donors (Lipinski definition) is 2. The van der Waals surface area contributed by atoms with E-state index in [1.165, 1.54) is 37.7 Å². The topological polar surface area (TPSA) is 41.4 Å². The summed E-state index contributed by atoms with van der Waals surface area (Å²) in [4.78, 5) is 5.86. The van der Waals surface area contributed by atoms with Crippen molar-refractivity contribution in [3.8, 4) is 0 Å². The SMILES string of the molecule is CN(c1[nH+]cccc1C1Nc2cc(Cl)c(Cl)cc2N1)C1CCCCC1. The fraction of sp³-hybridized carbons (Fsp3) is 0.421. The highest BCUT2D eigenvalue weighted by Gasteiger charge is 2.32. The Morgan fingerprint density at radius 3 is 2.32 bits per heavy atom. The average molecular weight is 378 g/mol. The molecule has 2 aromatic rings. The molecule has 1 aliphatic carbocycles. The van der Waals surface area contributed by atoms with Crippen LogP contribution in [0, 0.1) is 0 Å². The molecule has 1 aromatic heterocycles. The third kappa shape index (κ3) is 3.25. The first kappa shape index (κ1) is 16.8. The number of fused-ring (bicyclic) bond motifs is 1. The first-order valence-electron chi connectivity index (χ1n) is 8.89. The maximum Gasteiger partial charge on any atom is 0.281 e. The van der Waals surface area contributed by atoms with Gasteiger partial charge in [0.2, 0.25) is 0 Å². The summed E-state index contributed by atoms with van der Waals surface area (Å²) in [6.07, 6.45) is 8.50. The molecular weight excluding hydrogens is 355 g/mol. The number of nitrogens with one attached hydrogen (secondary N) is 3. The van der Waals surface area contributed by atoms with E-state index in [-0.39, 0.29) is 6.17 Å². The number of H-pyrrole nitrogens is 1. The summed E-state index contributed by atoms with van der Waals surface area (Å²) >= 11 is 12.3. The Labute approximate surface area is 158 Å². The predicted molar refractivity (Wildman–Crippen MR) is 105 cm³/mol. The molecule has 0 amide bonds. The van der Waals surface area contributed by atoms with Crippen molar-refractivity contribution < 1.29 is 4.98 Å². The Kier molecular flexibility index (Phi) is 4.65. The molecule has 0 bridgehead atoms. The highest BCUT2D eigenvalue weighted by Crippen LogP contribution is 2.41.